The summed E-state index contributed by atoms with van der Waals surface area (Å²) in [6.07, 6.45) is 3.15. The van der Waals surface area contributed by atoms with E-state index in [0.717, 1.165) is 48.1 Å². The third-order valence-corrected chi connectivity index (χ3v) is 4.48. The predicted molar refractivity (Wildman–Crippen MR) is 85.8 cm³/mol. The van der Waals surface area contributed by atoms with E-state index >= 15 is 0 Å². The lowest BCUT2D eigenvalue weighted by molar-refractivity contribution is -0.121. The number of carbonyl (C=O) groups is 1. The van der Waals surface area contributed by atoms with Gasteiger partial charge in [0.05, 0.1) is 6.04 Å². The topological polar surface area (TPSA) is 78.3 Å². The first kappa shape index (κ1) is 15.0. The Morgan fingerprint density at radius 3 is 3.12 bits per heavy atom. The van der Waals surface area contributed by atoms with Crippen LogP contribution in [0.25, 0.3) is 0 Å². The van der Waals surface area contributed by atoms with E-state index in [9.17, 15) is 4.79 Å². The lowest BCUT2D eigenvalue weighted by Crippen LogP contribution is -2.28. The Morgan fingerprint density at radius 2 is 2.21 bits per heavy atom. The first-order valence-electron chi connectivity index (χ1n) is 8.30. The van der Waals surface area contributed by atoms with Crippen molar-refractivity contribution in [1.82, 2.24) is 20.1 Å². The second-order valence-electron chi connectivity index (χ2n) is 6.21. The summed E-state index contributed by atoms with van der Waals surface area (Å²) in [7, 11) is 0. The van der Waals surface area contributed by atoms with Gasteiger partial charge in [-0.15, -0.1) is 10.2 Å². The molecule has 0 aliphatic carbocycles. The van der Waals surface area contributed by atoms with Gasteiger partial charge in [-0.05, 0) is 37.5 Å². The number of ether oxygens (including phenoxy) is 2. The smallest absolute Gasteiger partial charge is 0.231 e. The minimum Gasteiger partial charge on any atom is -0.454 e. The summed E-state index contributed by atoms with van der Waals surface area (Å²) >= 11 is 0. The van der Waals surface area contributed by atoms with Crippen LogP contribution in [0.4, 0.5) is 0 Å². The maximum absolute atomic E-state index is 12.2. The summed E-state index contributed by atoms with van der Waals surface area (Å²) in [4.78, 5) is 12.2. The SMILES string of the molecule is C[C@H](NC(=O)CCc1ccc2c(c1)OCO2)c1nnc2n1CCC2. The highest BCUT2D eigenvalue weighted by Gasteiger charge is 2.22. The number of carbonyl (C=O) groups excluding carboxylic acids is 1. The van der Waals surface area contributed by atoms with E-state index in [1.807, 2.05) is 25.1 Å². The molecule has 0 saturated carbocycles. The zero-order valence-corrected chi connectivity index (χ0v) is 13.6. The first-order valence-corrected chi connectivity index (χ1v) is 8.30. The molecule has 2 aliphatic heterocycles. The summed E-state index contributed by atoms with van der Waals surface area (Å²) in [6.45, 7) is 3.16. The van der Waals surface area contributed by atoms with Crippen LogP contribution in [-0.4, -0.2) is 27.5 Å². The number of hydrogen-bond acceptors (Lipinski definition) is 5. The minimum atomic E-state index is -0.131. The van der Waals surface area contributed by atoms with Crippen LogP contribution in [0, 0.1) is 0 Å². The van der Waals surface area contributed by atoms with Gasteiger partial charge < -0.3 is 19.4 Å². The number of nitrogens with one attached hydrogen (secondary N) is 1. The van der Waals surface area contributed by atoms with E-state index in [2.05, 4.69) is 20.1 Å². The minimum absolute atomic E-state index is 0.00973. The van der Waals surface area contributed by atoms with Crippen LogP contribution in [0.3, 0.4) is 0 Å². The average Bonchev–Trinajstić information content (AvgIpc) is 3.27. The van der Waals surface area contributed by atoms with Gasteiger partial charge in [0.2, 0.25) is 12.7 Å². The van der Waals surface area contributed by atoms with Crippen molar-refractivity contribution in [2.24, 2.45) is 0 Å². The maximum Gasteiger partial charge on any atom is 0.231 e. The van der Waals surface area contributed by atoms with Gasteiger partial charge in [0.15, 0.2) is 17.3 Å². The second kappa shape index (κ2) is 6.14. The Hall–Kier alpha value is -2.57. The van der Waals surface area contributed by atoms with Gasteiger partial charge >= 0.3 is 0 Å². The molecule has 0 unspecified atom stereocenters. The summed E-state index contributed by atoms with van der Waals surface area (Å²) in [5, 5.41) is 11.4. The lowest BCUT2D eigenvalue weighted by Gasteiger charge is -2.14. The number of amides is 1. The Morgan fingerprint density at radius 1 is 1.33 bits per heavy atom. The molecule has 4 rings (SSSR count). The molecule has 1 aromatic carbocycles. The van der Waals surface area contributed by atoms with Gasteiger partial charge in [-0.3, -0.25) is 4.79 Å². The molecule has 0 saturated heterocycles. The zero-order chi connectivity index (χ0) is 16.5. The fourth-order valence-electron chi connectivity index (χ4n) is 3.23. The van der Waals surface area contributed by atoms with Crippen LogP contribution in [0.1, 0.15) is 43.0 Å². The normalized spacial score (nSPS) is 16.0. The molecular weight excluding hydrogens is 308 g/mol. The van der Waals surface area contributed by atoms with E-state index in [4.69, 9.17) is 9.47 Å². The highest BCUT2D eigenvalue weighted by Crippen LogP contribution is 2.32. The van der Waals surface area contributed by atoms with Crippen molar-refractivity contribution in [2.45, 2.75) is 45.2 Å². The largest absolute Gasteiger partial charge is 0.454 e. The summed E-state index contributed by atoms with van der Waals surface area (Å²) in [5.41, 5.74) is 1.06. The molecule has 0 bridgehead atoms. The second-order valence-corrected chi connectivity index (χ2v) is 6.21. The summed E-state index contributed by atoms with van der Waals surface area (Å²) in [6, 6.07) is 5.66. The van der Waals surface area contributed by atoms with Crippen LogP contribution < -0.4 is 14.8 Å². The van der Waals surface area contributed by atoms with E-state index in [0.29, 0.717) is 12.8 Å². The predicted octanol–water partition coefficient (Wildman–Crippen LogP) is 1.76. The third-order valence-electron chi connectivity index (χ3n) is 4.48. The molecule has 1 aromatic heterocycles. The van der Waals surface area contributed by atoms with Crippen LogP contribution >= 0.6 is 0 Å². The Bertz CT molecular complexity index is 771. The molecule has 7 nitrogen and oxygen atoms in total. The average molecular weight is 328 g/mol. The van der Waals surface area contributed by atoms with E-state index in [1.54, 1.807) is 0 Å². The number of fused-ring (bicyclic) bond motifs is 2. The van der Waals surface area contributed by atoms with Crippen LogP contribution in [0.2, 0.25) is 0 Å². The quantitative estimate of drug-likeness (QED) is 0.905. The molecule has 0 radical (unpaired) electrons. The van der Waals surface area contributed by atoms with Gasteiger partial charge in [-0.1, -0.05) is 6.07 Å². The molecule has 1 atom stereocenters. The standard InChI is InChI=1S/C17H20N4O3/c1-11(17-20-19-15-3-2-8-21(15)17)18-16(22)7-5-12-4-6-13-14(9-12)24-10-23-13/h4,6,9,11H,2-3,5,7-8,10H2,1H3,(H,18,22)/t11-/m0/s1. The van der Waals surface area contributed by atoms with Crippen molar-refractivity contribution in [3.8, 4) is 11.5 Å². The zero-order valence-electron chi connectivity index (χ0n) is 13.6. The van der Waals surface area contributed by atoms with Crippen LogP contribution in [0.15, 0.2) is 18.2 Å². The van der Waals surface area contributed by atoms with Crippen molar-refractivity contribution in [3.63, 3.8) is 0 Å². The number of benzene rings is 1. The Kier molecular flexibility index (Phi) is 3.84. The molecule has 24 heavy (non-hydrogen) atoms. The molecule has 0 fully saturated rings. The van der Waals surface area contributed by atoms with Crippen molar-refractivity contribution >= 4 is 5.91 Å². The van der Waals surface area contributed by atoms with E-state index < -0.39 is 0 Å². The van der Waals surface area contributed by atoms with Crippen LogP contribution in [-0.2, 0) is 24.2 Å². The third kappa shape index (κ3) is 2.81. The molecule has 2 aliphatic rings. The van der Waals surface area contributed by atoms with Crippen molar-refractivity contribution in [1.29, 1.82) is 0 Å². The van der Waals surface area contributed by atoms with Gasteiger partial charge in [-0.25, -0.2) is 0 Å². The van der Waals surface area contributed by atoms with Gasteiger partial charge in [0.1, 0.15) is 5.82 Å². The molecule has 2 aromatic rings. The number of rotatable bonds is 5. The number of hydrogen-bond donors (Lipinski definition) is 1. The van der Waals surface area contributed by atoms with Gasteiger partial charge in [0.25, 0.3) is 0 Å². The number of aromatic nitrogens is 3. The molecule has 1 amide bonds. The van der Waals surface area contributed by atoms with Gasteiger partial charge in [0, 0.05) is 19.4 Å². The molecule has 0 spiro atoms. The Balaban J connectivity index is 1.33. The van der Waals surface area contributed by atoms with Crippen LogP contribution in [0.5, 0.6) is 11.5 Å². The molecule has 3 heterocycles. The van der Waals surface area contributed by atoms with Crippen molar-refractivity contribution in [2.75, 3.05) is 6.79 Å². The lowest BCUT2D eigenvalue weighted by atomic mass is 10.1. The fourth-order valence-corrected chi connectivity index (χ4v) is 3.23. The highest BCUT2D eigenvalue weighted by molar-refractivity contribution is 5.76. The summed E-state index contributed by atoms with van der Waals surface area (Å²) < 4.78 is 12.8. The molecule has 126 valence electrons. The molecular formula is C17H20N4O3. The van der Waals surface area contributed by atoms with E-state index in [-0.39, 0.29) is 18.7 Å². The van der Waals surface area contributed by atoms with Crippen molar-refractivity contribution in [3.05, 3.63) is 35.4 Å². The van der Waals surface area contributed by atoms with Gasteiger partial charge in [-0.2, -0.15) is 0 Å². The Labute approximate surface area is 140 Å². The first-order chi connectivity index (χ1) is 11.7. The summed E-state index contributed by atoms with van der Waals surface area (Å²) in [5.74, 6) is 3.39. The highest BCUT2D eigenvalue weighted by atomic mass is 16.7. The fraction of sp³-hybridized carbons (Fsp3) is 0.471. The molecule has 1 N–H and O–H groups in total. The monoisotopic (exact) mass is 328 g/mol. The number of nitrogens with zero attached hydrogens (tertiary/aromatic N) is 3. The van der Waals surface area contributed by atoms with E-state index in [1.165, 1.54) is 0 Å². The maximum atomic E-state index is 12.2. The molecule has 7 heteroatoms. The number of aryl methyl sites for hydroxylation is 2. The van der Waals surface area contributed by atoms with Crippen molar-refractivity contribution < 1.29 is 14.3 Å².